The van der Waals surface area contributed by atoms with Crippen molar-refractivity contribution in [3.8, 4) is 0 Å². The molecule has 2 N–H and O–H groups in total. The first-order valence-electron chi connectivity index (χ1n) is 6.95. The lowest BCUT2D eigenvalue weighted by Gasteiger charge is -2.09. The zero-order chi connectivity index (χ0) is 15.8. The summed E-state index contributed by atoms with van der Waals surface area (Å²) in [5, 5.41) is 13.9. The number of nitrogens with one attached hydrogen (secondary N) is 1. The van der Waals surface area contributed by atoms with Crippen molar-refractivity contribution in [1.29, 1.82) is 0 Å². The van der Waals surface area contributed by atoms with Gasteiger partial charge in [-0.1, -0.05) is 58.4 Å². The monoisotopic (exact) mass is 360 g/mol. The smallest absolute Gasteiger partial charge is 0.240 e. The summed E-state index contributed by atoms with van der Waals surface area (Å²) >= 11 is 3.35. The van der Waals surface area contributed by atoms with Gasteiger partial charge in [0.15, 0.2) is 0 Å². The molecule has 22 heavy (non-hydrogen) atoms. The normalized spacial score (nSPS) is 12.3. The van der Waals surface area contributed by atoms with Gasteiger partial charge in [-0.2, -0.15) is 5.10 Å². The Bertz CT molecular complexity index is 627. The Kier molecular flexibility index (Phi) is 6.30. The van der Waals surface area contributed by atoms with Gasteiger partial charge in [-0.05, 0) is 29.7 Å². The summed E-state index contributed by atoms with van der Waals surface area (Å²) in [7, 11) is 0. The molecular formula is C17H17BrN2O2. The molecule has 1 amide bonds. The topological polar surface area (TPSA) is 61.7 Å². The molecule has 2 aromatic carbocycles. The predicted molar refractivity (Wildman–Crippen MR) is 90.5 cm³/mol. The molecule has 0 aromatic heterocycles. The van der Waals surface area contributed by atoms with Gasteiger partial charge >= 0.3 is 0 Å². The van der Waals surface area contributed by atoms with Gasteiger partial charge in [-0.3, -0.25) is 4.79 Å². The van der Waals surface area contributed by atoms with Crippen LogP contribution in [-0.2, 0) is 4.79 Å². The molecule has 5 heteroatoms. The van der Waals surface area contributed by atoms with E-state index in [0.29, 0.717) is 6.42 Å². The van der Waals surface area contributed by atoms with E-state index in [4.69, 9.17) is 0 Å². The first-order valence-corrected chi connectivity index (χ1v) is 7.75. The fraction of sp³-hybridized carbons (Fsp3) is 0.176. The van der Waals surface area contributed by atoms with E-state index < -0.39 is 6.10 Å². The second-order valence-corrected chi connectivity index (χ2v) is 5.73. The largest absolute Gasteiger partial charge is 0.388 e. The molecule has 2 aromatic rings. The van der Waals surface area contributed by atoms with Crippen LogP contribution in [0.15, 0.2) is 64.2 Å². The first kappa shape index (κ1) is 16.4. The third-order valence-corrected chi connectivity index (χ3v) is 3.63. The van der Waals surface area contributed by atoms with Crippen molar-refractivity contribution in [3.63, 3.8) is 0 Å². The summed E-state index contributed by atoms with van der Waals surface area (Å²) in [6.07, 6.45) is 1.53. The number of rotatable bonds is 6. The van der Waals surface area contributed by atoms with E-state index in [9.17, 15) is 9.90 Å². The number of carbonyl (C=O) groups excluding carboxylic acids is 1. The number of benzene rings is 2. The van der Waals surface area contributed by atoms with Crippen LogP contribution in [-0.4, -0.2) is 17.2 Å². The summed E-state index contributed by atoms with van der Waals surface area (Å²) in [6.45, 7) is 0. The van der Waals surface area contributed by atoms with Gasteiger partial charge in [0, 0.05) is 10.9 Å². The Morgan fingerprint density at radius 1 is 1.18 bits per heavy atom. The van der Waals surface area contributed by atoms with Gasteiger partial charge in [0.05, 0.1) is 12.3 Å². The summed E-state index contributed by atoms with van der Waals surface area (Å²) < 4.78 is 0.989. The molecule has 0 aliphatic rings. The summed E-state index contributed by atoms with van der Waals surface area (Å²) in [6, 6.07) is 16.9. The van der Waals surface area contributed by atoms with Crippen LogP contribution in [0, 0.1) is 0 Å². The van der Waals surface area contributed by atoms with E-state index in [-0.39, 0.29) is 12.3 Å². The predicted octanol–water partition coefficient (Wildman–Crippen LogP) is 3.41. The summed E-state index contributed by atoms with van der Waals surface area (Å²) in [5.41, 5.74) is 4.17. The molecule has 0 aliphatic carbocycles. The SMILES string of the molecule is O=C(CC[C@@H](O)c1ccccc1)N/N=C\c1ccc(Br)cc1. The summed E-state index contributed by atoms with van der Waals surface area (Å²) in [5.74, 6) is -0.219. The number of hydrogen-bond donors (Lipinski definition) is 2. The Morgan fingerprint density at radius 2 is 1.86 bits per heavy atom. The number of aliphatic hydroxyl groups excluding tert-OH is 1. The Labute approximate surface area is 138 Å². The number of amides is 1. The highest BCUT2D eigenvalue weighted by molar-refractivity contribution is 9.10. The van der Waals surface area contributed by atoms with E-state index in [1.54, 1.807) is 6.21 Å². The van der Waals surface area contributed by atoms with Crippen molar-refractivity contribution in [2.45, 2.75) is 18.9 Å². The number of carbonyl (C=O) groups is 1. The van der Waals surface area contributed by atoms with Crippen molar-refractivity contribution in [2.75, 3.05) is 0 Å². The van der Waals surface area contributed by atoms with E-state index in [2.05, 4.69) is 26.5 Å². The van der Waals surface area contributed by atoms with Crippen molar-refractivity contribution in [3.05, 3.63) is 70.2 Å². The molecule has 0 radical (unpaired) electrons. The average Bonchev–Trinajstić information content (AvgIpc) is 2.55. The Hall–Kier alpha value is -1.98. The zero-order valence-corrected chi connectivity index (χ0v) is 13.5. The molecule has 0 bridgehead atoms. The highest BCUT2D eigenvalue weighted by atomic mass is 79.9. The van der Waals surface area contributed by atoms with E-state index >= 15 is 0 Å². The van der Waals surface area contributed by atoms with Gasteiger partial charge in [0.2, 0.25) is 5.91 Å². The third-order valence-electron chi connectivity index (χ3n) is 3.10. The molecule has 0 aliphatic heterocycles. The molecule has 0 saturated carbocycles. The maximum absolute atomic E-state index is 11.7. The number of halogens is 1. The summed E-state index contributed by atoms with van der Waals surface area (Å²) in [4.78, 5) is 11.7. The van der Waals surface area contributed by atoms with Gasteiger partial charge < -0.3 is 5.11 Å². The van der Waals surface area contributed by atoms with Crippen LogP contribution in [0.3, 0.4) is 0 Å². The average molecular weight is 361 g/mol. The molecule has 114 valence electrons. The van der Waals surface area contributed by atoms with E-state index in [1.807, 2.05) is 54.6 Å². The van der Waals surface area contributed by atoms with Crippen LogP contribution >= 0.6 is 15.9 Å². The molecule has 4 nitrogen and oxygen atoms in total. The van der Waals surface area contributed by atoms with Gasteiger partial charge in [-0.25, -0.2) is 5.43 Å². The lowest BCUT2D eigenvalue weighted by molar-refractivity contribution is -0.121. The van der Waals surface area contributed by atoms with Crippen molar-refractivity contribution in [2.24, 2.45) is 5.10 Å². The van der Waals surface area contributed by atoms with E-state index in [0.717, 1.165) is 15.6 Å². The molecule has 0 fully saturated rings. The van der Waals surface area contributed by atoms with E-state index in [1.165, 1.54) is 0 Å². The second kappa shape index (κ2) is 8.46. The highest BCUT2D eigenvalue weighted by Crippen LogP contribution is 2.17. The minimum absolute atomic E-state index is 0.216. The van der Waals surface area contributed by atoms with Crippen molar-refractivity contribution in [1.82, 2.24) is 5.43 Å². The zero-order valence-electron chi connectivity index (χ0n) is 11.9. The van der Waals surface area contributed by atoms with Crippen LogP contribution in [0.1, 0.15) is 30.1 Å². The first-order chi connectivity index (χ1) is 10.6. The van der Waals surface area contributed by atoms with Crippen LogP contribution < -0.4 is 5.43 Å². The lowest BCUT2D eigenvalue weighted by atomic mass is 10.1. The molecular weight excluding hydrogens is 344 g/mol. The minimum atomic E-state index is -0.637. The fourth-order valence-corrected chi connectivity index (χ4v) is 2.16. The highest BCUT2D eigenvalue weighted by Gasteiger charge is 2.09. The van der Waals surface area contributed by atoms with Crippen molar-refractivity contribution >= 4 is 28.1 Å². The maximum atomic E-state index is 11.7. The maximum Gasteiger partial charge on any atom is 0.240 e. The number of hydrazone groups is 1. The van der Waals surface area contributed by atoms with Crippen LogP contribution in [0.2, 0.25) is 0 Å². The van der Waals surface area contributed by atoms with Gasteiger partial charge in [0.25, 0.3) is 0 Å². The quantitative estimate of drug-likeness (QED) is 0.612. The third kappa shape index (κ3) is 5.42. The fourth-order valence-electron chi connectivity index (χ4n) is 1.89. The molecule has 0 heterocycles. The van der Waals surface area contributed by atoms with Crippen LogP contribution in [0.25, 0.3) is 0 Å². The molecule has 0 unspecified atom stereocenters. The van der Waals surface area contributed by atoms with Gasteiger partial charge in [0.1, 0.15) is 0 Å². The molecule has 0 saturated heterocycles. The number of hydrogen-bond acceptors (Lipinski definition) is 3. The van der Waals surface area contributed by atoms with Gasteiger partial charge in [-0.15, -0.1) is 0 Å². The van der Waals surface area contributed by atoms with Crippen LogP contribution in [0.4, 0.5) is 0 Å². The minimum Gasteiger partial charge on any atom is -0.388 e. The lowest BCUT2D eigenvalue weighted by Crippen LogP contribution is -2.18. The molecule has 0 spiro atoms. The van der Waals surface area contributed by atoms with Crippen LogP contribution in [0.5, 0.6) is 0 Å². The van der Waals surface area contributed by atoms with Crippen molar-refractivity contribution < 1.29 is 9.90 Å². The molecule has 1 atom stereocenters. The number of nitrogens with zero attached hydrogens (tertiary/aromatic N) is 1. The Morgan fingerprint density at radius 3 is 2.55 bits per heavy atom. The Balaban J connectivity index is 1.75. The number of aliphatic hydroxyl groups is 1. The second-order valence-electron chi connectivity index (χ2n) is 4.81. The standard InChI is InChI=1S/C17H17BrN2O2/c18-15-8-6-13(7-9-15)12-19-20-17(22)11-10-16(21)14-4-2-1-3-5-14/h1-9,12,16,21H,10-11H2,(H,20,22)/b19-12-/t16-/m1/s1. The molecule has 2 rings (SSSR count).